The Balaban J connectivity index is 1.71. The van der Waals surface area contributed by atoms with Crippen LogP contribution in [0.2, 0.25) is 0 Å². The Hall–Kier alpha value is -1.52. The smallest absolute Gasteiger partial charge is 0.0600 e. The molecular formula is C15H22N4. The van der Waals surface area contributed by atoms with Gasteiger partial charge in [-0.25, -0.2) is 0 Å². The fraction of sp³-hybridized carbons (Fsp3) is 0.467. The molecule has 1 aliphatic heterocycles. The number of anilines is 1. The molecule has 2 aromatic rings. The molecule has 2 heterocycles. The molecule has 0 spiro atoms. The van der Waals surface area contributed by atoms with Gasteiger partial charge in [-0.05, 0) is 13.1 Å². The molecule has 19 heavy (non-hydrogen) atoms. The highest BCUT2D eigenvalue weighted by Gasteiger charge is 2.16. The molecule has 1 atom stereocenters. The van der Waals surface area contributed by atoms with Crippen LogP contribution in [-0.2, 0) is 7.05 Å². The van der Waals surface area contributed by atoms with Crippen molar-refractivity contribution in [1.82, 2.24) is 14.8 Å². The van der Waals surface area contributed by atoms with Gasteiger partial charge in [-0.15, -0.1) is 0 Å². The number of likely N-dealkylation sites (N-methyl/N-ethyl adjacent to an activating group) is 1. The number of hydrogen-bond donors (Lipinski definition) is 2. The van der Waals surface area contributed by atoms with Crippen molar-refractivity contribution < 1.29 is 0 Å². The van der Waals surface area contributed by atoms with Crippen LogP contribution in [0.5, 0.6) is 0 Å². The van der Waals surface area contributed by atoms with E-state index < -0.39 is 0 Å². The van der Waals surface area contributed by atoms with Crippen molar-refractivity contribution in [2.24, 2.45) is 7.05 Å². The van der Waals surface area contributed by atoms with Crippen molar-refractivity contribution >= 4 is 16.6 Å². The average molecular weight is 258 g/mol. The zero-order chi connectivity index (χ0) is 13.2. The van der Waals surface area contributed by atoms with Gasteiger partial charge in [0.2, 0.25) is 0 Å². The van der Waals surface area contributed by atoms with Crippen LogP contribution in [0.3, 0.4) is 0 Å². The maximum Gasteiger partial charge on any atom is 0.0600 e. The third-order valence-electron chi connectivity index (χ3n) is 3.89. The van der Waals surface area contributed by atoms with Crippen LogP contribution in [0, 0.1) is 0 Å². The predicted octanol–water partition coefficient (Wildman–Crippen LogP) is 1.49. The van der Waals surface area contributed by atoms with Gasteiger partial charge in [0.1, 0.15) is 0 Å². The van der Waals surface area contributed by atoms with Gasteiger partial charge < -0.3 is 20.1 Å². The number of benzene rings is 1. The fourth-order valence-corrected chi connectivity index (χ4v) is 2.84. The SMILES string of the molecule is CN1CCNC(CNc2cn(C)c3ccccc23)C1. The summed E-state index contributed by atoms with van der Waals surface area (Å²) in [5.41, 5.74) is 2.51. The number of aromatic nitrogens is 1. The van der Waals surface area contributed by atoms with E-state index in [1.54, 1.807) is 0 Å². The average Bonchev–Trinajstić information content (AvgIpc) is 2.74. The third kappa shape index (κ3) is 2.60. The first-order valence-corrected chi connectivity index (χ1v) is 6.94. The summed E-state index contributed by atoms with van der Waals surface area (Å²) in [6.45, 7) is 4.30. The van der Waals surface area contributed by atoms with Crippen LogP contribution >= 0.6 is 0 Å². The minimum absolute atomic E-state index is 0.526. The van der Waals surface area contributed by atoms with E-state index in [4.69, 9.17) is 0 Å². The van der Waals surface area contributed by atoms with Gasteiger partial charge in [0, 0.05) is 56.4 Å². The van der Waals surface area contributed by atoms with E-state index in [1.165, 1.54) is 16.6 Å². The molecule has 102 valence electrons. The molecule has 0 amide bonds. The lowest BCUT2D eigenvalue weighted by atomic mass is 10.2. The van der Waals surface area contributed by atoms with E-state index in [0.29, 0.717) is 6.04 Å². The summed E-state index contributed by atoms with van der Waals surface area (Å²) in [6, 6.07) is 9.05. The van der Waals surface area contributed by atoms with Crippen LogP contribution in [0.25, 0.3) is 10.9 Å². The molecule has 1 unspecified atom stereocenters. The topological polar surface area (TPSA) is 32.2 Å². The van der Waals surface area contributed by atoms with Crippen LogP contribution in [0.1, 0.15) is 0 Å². The number of nitrogens with zero attached hydrogens (tertiary/aromatic N) is 2. The van der Waals surface area contributed by atoms with Gasteiger partial charge >= 0.3 is 0 Å². The van der Waals surface area contributed by atoms with Crippen LogP contribution in [0.15, 0.2) is 30.5 Å². The second-order valence-electron chi connectivity index (χ2n) is 5.47. The molecule has 4 heteroatoms. The molecule has 0 saturated carbocycles. The summed E-state index contributed by atoms with van der Waals surface area (Å²) in [7, 11) is 4.28. The standard InChI is InChI=1S/C15H22N4/c1-18-8-7-16-12(10-18)9-17-14-11-19(2)15-6-4-3-5-13(14)15/h3-6,11-12,16-17H,7-10H2,1-2H3. The molecule has 1 aromatic heterocycles. The zero-order valence-corrected chi connectivity index (χ0v) is 11.7. The predicted molar refractivity (Wildman–Crippen MR) is 80.7 cm³/mol. The zero-order valence-electron chi connectivity index (χ0n) is 11.7. The maximum absolute atomic E-state index is 3.59. The van der Waals surface area contributed by atoms with E-state index in [2.05, 4.69) is 64.7 Å². The second kappa shape index (κ2) is 5.23. The Kier molecular flexibility index (Phi) is 3.44. The summed E-state index contributed by atoms with van der Waals surface area (Å²) in [5.74, 6) is 0. The number of nitrogens with one attached hydrogen (secondary N) is 2. The summed E-state index contributed by atoms with van der Waals surface area (Å²) >= 11 is 0. The molecule has 1 aliphatic rings. The molecule has 1 saturated heterocycles. The number of piperazine rings is 1. The van der Waals surface area contributed by atoms with Crippen molar-refractivity contribution in [2.45, 2.75) is 6.04 Å². The molecular weight excluding hydrogens is 236 g/mol. The van der Waals surface area contributed by atoms with Crippen LogP contribution in [0.4, 0.5) is 5.69 Å². The number of para-hydroxylation sites is 1. The first-order chi connectivity index (χ1) is 9.24. The molecule has 2 N–H and O–H groups in total. The summed E-state index contributed by atoms with van der Waals surface area (Å²) in [5, 5.41) is 8.45. The Morgan fingerprint density at radius 3 is 3.00 bits per heavy atom. The van der Waals surface area contributed by atoms with E-state index in [-0.39, 0.29) is 0 Å². The van der Waals surface area contributed by atoms with E-state index in [0.717, 1.165) is 26.2 Å². The first kappa shape index (κ1) is 12.5. The van der Waals surface area contributed by atoms with Gasteiger partial charge in [0.15, 0.2) is 0 Å². The fourth-order valence-electron chi connectivity index (χ4n) is 2.84. The quantitative estimate of drug-likeness (QED) is 0.875. The lowest BCUT2D eigenvalue weighted by Crippen LogP contribution is -2.51. The Bertz CT molecular complexity index is 560. The van der Waals surface area contributed by atoms with E-state index in [9.17, 15) is 0 Å². The van der Waals surface area contributed by atoms with Crippen LogP contribution in [-0.4, -0.2) is 48.7 Å². The number of rotatable bonds is 3. The third-order valence-corrected chi connectivity index (χ3v) is 3.89. The van der Waals surface area contributed by atoms with Crippen molar-refractivity contribution in [3.63, 3.8) is 0 Å². The van der Waals surface area contributed by atoms with Crippen molar-refractivity contribution in [3.05, 3.63) is 30.5 Å². The Morgan fingerprint density at radius 1 is 1.32 bits per heavy atom. The minimum atomic E-state index is 0.526. The molecule has 1 aromatic carbocycles. The minimum Gasteiger partial charge on any atom is -0.382 e. The molecule has 3 rings (SSSR count). The second-order valence-corrected chi connectivity index (χ2v) is 5.47. The van der Waals surface area contributed by atoms with Crippen molar-refractivity contribution in [2.75, 3.05) is 38.5 Å². The molecule has 0 aliphatic carbocycles. The summed E-state index contributed by atoms with van der Waals surface area (Å²) < 4.78 is 2.18. The van der Waals surface area contributed by atoms with Gasteiger partial charge in [-0.2, -0.15) is 0 Å². The monoisotopic (exact) mass is 258 g/mol. The van der Waals surface area contributed by atoms with Crippen molar-refractivity contribution in [3.8, 4) is 0 Å². The van der Waals surface area contributed by atoms with E-state index in [1.807, 2.05) is 0 Å². The number of aryl methyl sites for hydroxylation is 1. The van der Waals surface area contributed by atoms with E-state index >= 15 is 0 Å². The lowest BCUT2D eigenvalue weighted by Gasteiger charge is -2.31. The Morgan fingerprint density at radius 2 is 2.16 bits per heavy atom. The maximum atomic E-state index is 3.59. The van der Waals surface area contributed by atoms with Gasteiger partial charge in [0.05, 0.1) is 5.69 Å². The molecule has 0 bridgehead atoms. The summed E-state index contributed by atoms with van der Waals surface area (Å²) in [6.07, 6.45) is 2.18. The molecule has 1 fully saturated rings. The summed E-state index contributed by atoms with van der Waals surface area (Å²) in [4.78, 5) is 2.38. The van der Waals surface area contributed by atoms with Gasteiger partial charge in [0.25, 0.3) is 0 Å². The number of fused-ring (bicyclic) bond motifs is 1. The van der Waals surface area contributed by atoms with Crippen molar-refractivity contribution in [1.29, 1.82) is 0 Å². The Labute approximate surface area is 114 Å². The normalized spacial score (nSPS) is 20.8. The largest absolute Gasteiger partial charge is 0.382 e. The first-order valence-electron chi connectivity index (χ1n) is 6.94. The molecule has 4 nitrogen and oxygen atoms in total. The highest BCUT2D eigenvalue weighted by Crippen LogP contribution is 2.24. The van der Waals surface area contributed by atoms with Crippen LogP contribution < -0.4 is 10.6 Å². The number of hydrogen-bond acceptors (Lipinski definition) is 3. The highest BCUT2D eigenvalue weighted by molar-refractivity contribution is 5.92. The highest BCUT2D eigenvalue weighted by atomic mass is 15.2. The lowest BCUT2D eigenvalue weighted by molar-refractivity contribution is 0.244. The van der Waals surface area contributed by atoms with Gasteiger partial charge in [-0.1, -0.05) is 18.2 Å². The van der Waals surface area contributed by atoms with Gasteiger partial charge in [-0.3, -0.25) is 0 Å². The molecule has 0 radical (unpaired) electrons.